The number of fused-ring (bicyclic) bond motifs is 1. The molecule has 0 radical (unpaired) electrons. The second kappa shape index (κ2) is 8.75. The lowest BCUT2D eigenvalue weighted by Gasteiger charge is -2.24. The number of carbonyl (C=O) groups excluding carboxylic acids is 1. The minimum atomic E-state index is -3.76. The Kier molecular flexibility index (Phi) is 6.36. The maximum absolute atomic E-state index is 13.3. The predicted molar refractivity (Wildman–Crippen MR) is 109 cm³/mol. The van der Waals surface area contributed by atoms with Gasteiger partial charge in [0.15, 0.2) is 0 Å². The standard InChI is InChI=1S/C21H26N2O4S/c1-3-27-13-7-12-22-21(24)18-9-6-10-19(15-18)28(25,26)23-16(2)14-17-8-4-5-11-20(17)23/h4-6,8-11,15-16H,3,7,12-14H2,1-2H3,(H,22,24)/t16-/m1/s1. The van der Waals surface area contributed by atoms with Gasteiger partial charge in [-0.05, 0) is 56.5 Å². The van der Waals surface area contributed by atoms with Crippen molar-refractivity contribution in [3.63, 3.8) is 0 Å². The van der Waals surface area contributed by atoms with Gasteiger partial charge in [0.05, 0.1) is 10.6 Å². The van der Waals surface area contributed by atoms with E-state index in [2.05, 4.69) is 5.32 Å². The fourth-order valence-electron chi connectivity index (χ4n) is 3.44. The molecule has 1 aliphatic heterocycles. The second-order valence-electron chi connectivity index (χ2n) is 6.82. The molecule has 0 fully saturated rings. The molecular formula is C21H26N2O4S. The summed E-state index contributed by atoms with van der Waals surface area (Å²) in [6.45, 7) is 5.52. The van der Waals surface area contributed by atoms with E-state index in [-0.39, 0.29) is 16.8 Å². The van der Waals surface area contributed by atoms with Crippen LogP contribution >= 0.6 is 0 Å². The Morgan fingerprint density at radius 1 is 1.21 bits per heavy atom. The van der Waals surface area contributed by atoms with Crippen LogP contribution in [0.15, 0.2) is 53.4 Å². The first-order valence-corrected chi connectivity index (χ1v) is 11.0. The van der Waals surface area contributed by atoms with Crippen LogP contribution in [0, 0.1) is 0 Å². The lowest BCUT2D eigenvalue weighted by atomic mass is 10.1. The van der Waals surface area contributed by atoms with E-state index in [0.29, 0.717) is 43.9 Å². The summed E-state index contributed by atoms with van der Waals surface area (Å²) < 4.78 is 33.3. The number of nitrogens with one attached hydrogen (secondary N) is 1. The minimum absolute atomic E-state index is 0.123. The van der Waals surface area contributed by atoms with Gasteiger partial charge in [0.1, 0.15) is 0 Å². The first-order valence-electron chi connectivity index (χ1n) is 9.53. The highest BCUT2D eigenvalue weighted by Gasteiger charge is 2.36. The lowest BCUT2D eigenvalue weighted by molar-refractivity contribution is 0.0944. The number of anilines is 1. The smallest absolute Gasteiger partial charge is 0.264 e. The molecule has 0 aromatic heterocycles. The number of carbonyl (C=O) groups is 1. The van der Waals surface area contributed by atoms with E-state index in [9.17, 15) is 13.2 Å². The molecule has 0 saturated heterocycles. The average molecular weight is 403 g/mol. The molecule has 3 rings (SSSR count). The zero-order chi connectivity index (χ0) is 20.1. The van der Waals surface area contributed by atoms with Gasteiger partial charge in [0.2, 0.25) is 0 Å². The Hall–Kier alpha value is -2.38. The highest BCUT2D eigenvalue weighted by Crippen LogP contribution is 2.36. The molecule has 1 atom stereocenters. The summed E-state index contributed by atoms with van der Waals surface area (Å²) >= 11 is 0. The number of rotatable bonds is 8. The molecule has 150 valence electrons. The summed E-state index contributed by atoms with van der Waals surface area (Å²) in [4.78, 5) is 12.5. The molecule has 0 spiro atoms. The average Bonchev–Trinajstić information content (AvgIpc) is 3.04. The number of hydrogen-bond acceptors (Lipinski definition) is 4. The SMILES string of the molecule is CCOCCCNC(=O)c1cccc(S(=O)(=O)N2c3ccccc3C[C@H]2C)c1. The van der Waals surface area contributed by atoms with E-state index in [0.717, 1.165) is 5.56 Å². The van der Waals surface area contributed by atoms with Crippen molar-refractivity contribution in [3.8, 4) is 0 Å². The third kappa shape index (κ3) is 4.20. The number of sulfonamides is 1. The molecule has 6 nitrogen and oxygen atoms in total. The van der Waals surface area contributed by atoms with Gasteiger partial charge in [-0.2, -0.15) is 0 Å². The molecule has 1 amide bonds. The lowest BCUT2D eigenvalue weighted by Crippen LogP contribution is -2.36. The van der Waals surface area contributed by atoms with Gasteiger partial charge in [0.25, 0.3) is 15.9 Å². The van der Waals surface area contributed by atoms with Crippen molar-refractivity contribution in [2.24, 2.45) is 0 Å². The van der Waals surface area contributed by atoms with Gasteiger partial charge in [-0.1, -0.05) is 24.3 Å². The van der Waals surface area contributed by atoms with Crippen LogP contribution in [-0.2, 0) is 21.2 Å². The van der Waals surface area contributed by atoms with Crippen molar-refractivity contribution in [1.29, 1.82) is 0 Å². The van der Waals surface area contributed by atoms with E-state index < -0.39 is 10.0 Å². The second-order valence-corrected chi connectivity index (χ2v) is 8.63. The number of para-hydroxylation sites is 1. The van der Waals surface area contributed by atoms with Crippen molar-refractivity contribution in [2.45, 2.75) is 37.6 Å². The van der Waals surface area contributed by atoms with E-state index in [1.165, 1.54) is 16.4 Å². The Labute approximate surface area is 166 Å². The molecule has 0 unspecified atom stereocenters. The number of benzene rings is 2. The largest absolute Gasteiger partial charge is 0.382 e. The Bertz CT molecular complexity index is 943. The summed E-state index contributed by atoms with van der Waals surface area (Å²) in [6.07, 6.45) is 1.38. The molecule has 1 heterocycles. The normalized spacial score (nSPS) is 16.1. The molecule has 7 heteroatoms. The molecule has 1 aliphatic rings. The minimum Gasteiger partial charge on any atom is -0.382 e. The van der Waals surface area contributed by atoms with Gasteiger partial charge in [-0.15, -0.1) is 0 Å². The van der Waals surface area contributed by atoms with E-state index in [4.69, 9.17) is 4.74 Å². The summed E-state index contributed by atoms with van der Waals surface area (Å²) in [5.74, 6) is -0.289. The van der Waals surface area contributed by atoms with Crippen LogP contribution in [0.25, 0.3) is 0 Å². The van der Waals surface area contributed by atoms with E-state index >= 15 is 0 Å². The number of amides is 1. The van der Waals surface area contributed by atoms with Crippen LogP contribution in [0.3, 0.4) is 0 Å². The fourth-order valence-corrected chi connectivity index (χ4v) is 5.18. The third-order valence-electron chi connectivity index (χ3n) is 4.75. The third-order valence-corrected chi connectivity index (χ3v) is 6.68. The molecular weight excluding hydrogens is 376 g/mol. The van der Waals surface area contributed by atoms with Crippen molar-refractivity contribution in [2.75, 3.05) is 24.1 Å². The Morgan fingerprint density at radius 3 is 2.79 bits per heavy atom. The molecule has 0 saturated carbocycles. The molecule has 0 aliphatic carbocycles. The van der Waals surface area contributed by atoms with E-state index in [1.807, 2.05) is 38.1 Å². The van der Waals surface area contributed by atoms with Crippen LogP contribution in [-0.4, -0.2) is 40.1 Å². The van der Waals surface area contributed by atoms with Crippen molar-refractivity contribution in [1.82, 2.24) is 5.32 Å². The van der Waals surface area contributed by atoms with Gasteiger partial charge < -0.3 is 10.1 Å². The van der Waals surface area contributed by atoms with Crippen LogP contribution in [0.2, 0.25) is 0 Å². The highest BCUT2D eigenvalue weighted by atomic mass is 32.2. The summed E-state index contributed by atoms with van der Waals surface area (Å²) in [7, 11) is -3.76. The fraction of sp³-hybridized carbons (Fsp3) is 0.381. The van der Waals surface area contributed by atoms with Crippen LogP contribution < -0.4 is 9.62 Å². The van der Waals surface area contributed by atoms with Gasteiger partial charge >= 0.3 is 0 Å². The maximum atomic E-state index is 13.3. The summed E-state index contributed by atoms with van der Waals surface area (Å²) in [5.41, 5.74) is 2.06. The van der Waals surface area contributed by atoms with E-state index in [1.54, 1.807) is 12.1 Å². The summed E-state index contributed by atoms with van der Waals surface area (Å²) in [5, 5.41) is 2.80. The molecule has 28 heavy (non-hydrogen) atoms. The van der Waals surface area contributed by atoms with Crippen LogP contribution in [0.1, 0.15) is 36.2 Å². The molecule has 2 aromatic carbocycles. The molecule has 1 N–H and O–H groups in total. The van der Waals surface area contributed by atoms with Crippen molar-refractivity contribution < 1.29 is 17.9 Å². The quantitative estimate of drug-likeness (QED) is 0.689. The van der Waals surface area contributed by atoms with Gasteiger partial charge in [0, 0.05) is 31.4 Å². The monoisotopic (exact) mass is 402 g/mol. The topological polar surface area (TPSA) is 75.7 Å². The zero-order valence-electron chi connectivity index (χ0n) is 16.2. The first-order chi connectivity index (χ1) is 13.4. The van der Waals surface area contributed by atoms with Crippen molar-refractivity contribution in [3.05, 3.63) is 59.7 Å². The molecule has 0 bridgehead atoms. The number of hydrogen-bond donors (Lipinski definition) is 1. The maximum Gasteiger partial charge on any atom is 0.264 e. The Balaban J connectivity index is 1.79. The first kappa shape index (κ1) is 20.4. The zero-order valence-corrected chi connectivity index (χ0v) is 17.0. The van der Waals surface area contributed by atoms with Crippen LogP contribution in [0.4, 0.5) is 5.69 Å². The number of ether oxygens (including phenoxy) is 1. The Morgan fingerprint density at radius 2 is 2.00 bits per heavy atom. The summed E-state index contributed by atoms with van der Waals surface area (Å²) in [6, 6.07) is 13.6. The van der Waals surface area contributed by atoms with Crippen molar-refractivity contribution >= 4 is 21.6 Å². The predicted octanol–water partition coefficient (Wildman–Crippen LogP) is 2.98. The van der Waals surface area contributed by atoms with Gasteiger partial charge in [-0.25, -0.2) is 8.42 Å². The highest BCUT2D eigenvalue weighted by molar-refractivity contribution is 7.92. The van der Waals surface area contributed by atoms with Crippen LogP contribution in [0.5, 0.6) is 0 Å². The molecule has 2 aromatic rings. The van der Waals surface area contributed by atoms with Gasteiger partial charge in [-0.3, -0.25) is 9.10 Å². The number of nitrogens with zero attached hydrogens (tertiary/aromatic N) is 1.